The molecule has 3 aromatic rings. The molecule has 1 aromatic carbocycles. The number of H-pyrrole nitrogens is 2. The number of aromatic nitrogens is 4. The molecule has 1 saturated heterocycles. The van der Waals surface area contributed by atoms with Crippen molar-refractivity contribution in [2.75, 3.05) is 13.1 Å². The molecular formula is C19H20ClN5O4. The van der Waals surface area contributed by atoms with Crippen molar-refractivity contribution < 1.29 is 9.90 Å². The van der Waals surface area contributed by atoms with Gasteiger partial charge in [-0.15, -0.1) is 0 Å². The number of carbonyl (C=O) groups is 1. The average molecular weight is 418 g/mol. The van der Waals surface area contributed by atoms with E-state index in [0.29, 0.717) is 22.8 Å². The number of aliphatic hydroxyl groups excluding tert-OH is 1. The van der Waals surface area contributed by atoms with Crippen molar-refractivity contribution in [3.05, 3.63) is 61.6 Å². The van der Waals surface area contributed by atoms with Gasteiger partial charge in [-0.05, 0) is 25.1 Å². The van der Waals surface area contributed by atoms with E-state index in [2.05, 4.69) is 15.0 Å². The van der Waals surface area contributed by atoms with E-state index < -0.39 is 23.4 Å². The third kappa shape index (κ3) is 3.83. The minimum absolute atomic E-state index is 0.129. The number of aryl methyl sites for hydroxylation is 2. The fraction of sp³-hybridized carbons (Fsp3) is 0.368. The summed E-state index contributed by atoms with van der Waals surface area (Å²) in [7, 11) is 0. The first kappa shape index (κ1) is 19.4. The second-order valence-electron chi connectivity index (χ2n) is 7.26. The van der Waals surface area contributed by atoms with Gasteiger partial charge in [0, 0.05) is 42.7 Å². The molecule has 0 saturated carbocycles. The topological polar surface area (TPSA) is 124 Å². The molecule has 2 atom stereocenters. The van der Waals surface area contributed by atoms with Crippen molar-refractivity contribution in [1.82, 2.24) is 24.4 Å². The number of benzene rings is 1. The molecule has 2 aromatic heterocycles. The summed E-state index contributed by atoms with van der Waals surface area (Å²) < 4.78 is 1.29. The molecule has 29 heavy (non-hydrogen) atoms. The lowest BCUT2D eigenvalue weighted by Crippen LogP contribution is -2.37. The Morgan fingerprint density at radius 2 is 2.10 bits per heavy atom. The Hall–Kier alpha value is -2.91. The lowest BCUT2D eigenvalue weighted by molar-refractivity contribution is -0.130. The van der Waals surface area contributed by atoms with Gasteiger partial charge in [0.25, 0.3) is 5.56 Å². The van der Waals surface area contributed by atoms with Crippen LogP contribution in [0.3, 0.4) is 0 Å². The molecule has 0 aliphatic carbocycles. The van der Waals surface area contributed by atoms with Crippen LogP contribution in [0.1, 0.15) is 23.9 Å². The highest BCUT2D eigenvalue weighted by Gasteiger charge is 2.35. The van der Waals surface area contributed by atoms with E-state index in [4.69, 9.17) is 11.6 Å². The summed E-state index contributed by atoms with van der Waals surface area (Å²) in [4.78, 5) is 47.6. The molecule has 1 aliphatic rings. The summed E-state index contributed by atoms with van der Waals surface area (Å²) in [6, 6.07) is 4.74. The molecule has 3 N–H and O–H groups in total. The standard InChI is InChI=1S/C19H20ClN5O4/c1-10-7-25(19(29)23-18(10)28)14-8-24(9-15(14)26)17(27)5-4-16-21-12-3-2-11(20)6-13(12)22-16/h2-3,6-7,14-15,26H,4-5,8-9H2,1H3,(H,21,22)(H,23,28,29)/t14-,15-/m1/s1. The highest BCUT2D eigenvalue weighted by Crippen LogP contribution is 2.22. The number of imidazole rings is 1. The number of amides is 1. The fourth-order valence-corrected chi connectivity index (χ4v) is 3.79. The predicted molar refractivity (Wildman–Crippen MR) is 107 cm³/mol. The Balaban J connectivity index is 1.44. The number of nitrogens with one attached hydrogen (secondary N) is 2. The number of rotatable bonds is 4. The van der Waals surface area contributed by atoms with Crippen molar-refractivity contribution in [1.29, 1.82) is 0 Å². The van der Waals surface area contributed by atoms with Gasteiger partial charge in [-0.25, -0.2) is 9.78 Å². The molecule has 1 aliphatic heterocycles. The molecule has 9 nitrogen and oxygen atoms in total. The molecule has 0 radical (unpaired) electrons. The number of aliphatic hydroxyl groups is 1. The Morgan fingerprint density at radius 1 is 1.31 bits per heavy atom. The van der Waals surface area contributed by atoms with Crippen LogP contribution >= 0.6 is 11.6 Å². The zero-order valence-corrected chi connectivity index (χ0v) is 16.4. The number of halogens is 1. The number of carbonyl (C=O) groups excluding carboxylic acids is 1. The van der Waals surface area contributed by atoms with Crippen LogP contribution in [0.2, 0.25) is 5.02 Å². The van der Waals surface area contributed by atoms with Gasteiger partial charge in [0.15, 0.2) is 0 Å². The molecular weight excluding hydrogens is 398 g/mol. The van der Waals surface area contributed by atoms with E-state index >= 15 is 0 Å². The first-order valence-electron chi connectivity index (χ1n) is 9.24. The van der Waals surface area contributed by atoms with Gasteiger partial charge in [0.1, 0.15) is 5.82 Å². The molecule has 0 bridgehead atoms. The molecule has 0 spiro atoms. The van der Waals surface area contributed by atoms with Gasteiger partial charge in [-0.1, -0.05) is 11.6 Å². The SMILES string of the molecule is Cc1cn([C@@H]2CN(C(=O)CCc3nc4ccc(Cl)cc4[nH]3)C[C@H]2O)c(=O)[nH]c1=O. The second-order valence-corrected chi connectivity index (χ2v) is 7.69. The quantitative estimate of drug-likeness (QED) is 0.578. The van der Waals surface area contributed by atoms with Crippen molar-refractivity contribution in [3.63, 3.8) is 0 Å². The van der Waals surface area contributed by atoms with E-state index in [9.17, 15) is 19.5 Å². The first-order valence-corrected chi connectivity index (χ1v) is 9.61. The van der Waals surface area contributed by atoms with Crippen molar-refractivity contribution >= 4 is 28.5 Å². The normalized spacial score (nSPS) is 19.2. The first-order chi connectivity index (χ1) is 13.8. The zero-order chi connectivity index (χ0) is 20.7. The third-order valence-corrected chi connectivity index (χ3v) is 5.42. The molecule has 1 amide bonds. The summed E-state index contributed by atoms with van der Waals surface area (Å²) >= 11 is 5.97. The summed E-state index contributed by atoms with van der Waals surface area (Å²) in [5.74, 6) is 0.540. The van der Waals surface area contributed by atoms with Crippen LogP contribution in [0.4, 0.5) is 0 Å². The number of likely N-dealkylation sites (tertiary alicyclic amines) is 1. The molecule has 0 unspecified atom stereocenters. The van der Waals surface area contributed by atoms with E-state index in [1.165, 1.54) is 15.7 Å². The summed E-state index contributed by atoms with van der Waals surface area (Å²) in [6.07, 6.45) is 1.16. The highest BCUT2D eigenvalue weighted by molar-refractivity contribution is 6.31. The molecule has 3 heterocycles. The van der Waals surface area contributed by atoms with E-state index in [1.807, 2.05) is 6.07 Å². The molecule has 4 rings (SSSR count). The van der Waals surface area contributed by atoms with Crippen LogP contribution in [0.15, 0.2) is 34.0 Å². The van der Waals surface area contributed by atoms with Crippen molar-refractivity contribution in [3.8, 4) is 0 Å². The van der Waals surface area contributed by atoms with Crippen LogP contribution in [-0.2, 0) is 11.2 Å². The van der Waals surface area contributed by atoms with E-state index in [1.54, 1.807) is 19.1 Å². The predicted octanol–water partition coefficient (Wildman–Crippen LogP) is 0.752. The smallest absolute Gasteiger partial charge is 0.328 e. The minimum atomic E-state index is -0.893. The van der Waals surface area contributed by atoms with Gasteiger partial charge < -0.3 is 15.0 Å². The summed E-state index contributed by atoms with van der Waals surface area (Å²) in [6.45, 7) is 1.91. The maximum absolute atomic E-state index is 12.6. The third-order valence-electron chi connectivity index (χ3n) is 5.18. The maximum atomic E-state index is 12.6. The Labute approximate surface area is 170 Å². The number of aromatic amines is 2. The maximum Gasteiger partial charge on any atom is 0.328 e. The van der Waals surface area contributed by atoms with E-state index in [-0.39, 0.29) is 25.4 Å². The molecule has 10 heteroatoms. The van der Waals surface area contributed by atoms with Crippen LogP contribution in [0.25, 0.3) is 11.0 Å². The van der Waals surface area contributed by atoms with Gasteiger partial charge in [-0.3, -0.25) is 19.1 Å². The lowest BCUT2D eigenvalue weighted by Gasteiger charge is -2.17. The van der Waals surface area contributed by atoms with Crippen molar-refractivity contribution in [2.45, 2.75) is 31.9 Å². The largest absolute Gasteiger partial charge is 0.389 e. The Morgan fingerprint density at radius 3 is 2.90 bits per heavy atom. The van der Waals surface area contributed by atoms with Gasteiger partial charge >= 0.3 is 5.69 Å². The van der Waals surface area contributed by atoms with Gasteiger partial charge in [-0.2, -0.15) is 0 Å². The van der Waals surface area contributed by atoms with Crippen LogP contribution < -0.4 is 11.2 Å². The van der Waals surface area contributed by atoms with Gasteiger partial charge in [0.05, 0.1) is 23.2 Å². The van der Waals surface area contributed by atoms with Crippen molar-refractivity contribution in [2.24, 2.45) is 0 Å². The number of β-amino-alcohol motifs (C(OH)–C–C–N with tert-alkyl or cyclic N) is 1. The monoisotopic (exact) mass is 417 g/mol. The lowest BCUT2D eigenvalue weighted by atomic mass is 10.2. The van der Waals surface area contributed by atoms with Crippen LogP contribution in [0.5, 0.6) is 0 Å². The summed E-state index contributed by atoms with van der Waals surface area (Å²) in [5, 5.41) is 11.0. The minimum Gasteiger partial charge on any atom is -0.389 e. The Kier molecular flexibility index (Phi) is 5.01. The summed E-state index contributed by atoms with van der Waals surface area (Å²) in [5.41, 5.74) is 0.899. The number of nitrogens with zero attached hydrogens (tertiary/aromatic N) is 3. The fourth-order valence-electron chi connectivity index (χ4n) is 3.62. The van der Waals surface area contributed by atoms with Crippen LogP contribution in [0, 0.1) is 6.92 Å². The zero-order valence-electron chi connectivity index (χ0n) is 15.7. The van der Waals surface area contributed by atoms with Gasteiger partial charge in [0.2, 0.25) is 5.91 Å². The number of hydrogen-bond donors (Lipinski definition) is 3. The molecule has 152 valence electrons. The van der Waals surface area contributed by atoms with E-state index in [0.717, 1.165) is 11.0 Å². The Bertz CT molecular complexity index is 1200. The number of hydrogen-bond acceptors (Lipinski definition) is 5. The van der Waals surface area contributed by atoms with Crippen LogP contribution in [-0.4, -0.2) is 54.6 Å². The average Bonchev–Trinajstić information content (AvgIpc) is 3.25. The second kappa shape index (κ2) is 7.49. The number of fused-ring (bicyclic) bond motifs is 1. The highest BCUT2D eigenvalue weighted by atomic mass is 35.5. The molecule has 1 fully saturated rings.